The van der Waals surface area contributed by atoms with E-state index >= 15 is 0 Å². The van der Waals surface area contributed by atoms with E-state index in [0.717, 1.165) is 22.6 Å². The molecule has 0 saturated heterocycles. The van der Waals surface area contributed by atoms with Crippen LogP contribution in [0.3, 0.4) is 0 Å². The number of halogens is 1. The number of benzene rings is 3. The maximum Gasteiger partial charge on any atom is 0.124 e. The van der Waals surface area contributed by atoms with E-state index in [9.17, 15) is 5.11 Å². The van der Waals surface area contributed by atoms with Gasteiger partial charge in [-0.05, 0) is 48.0 Å². The Morgan fingerprint density at radius 3 is 2.50 bits per heavy atom. The Hall–Kier alpha value is -2.65. The molecule has 0 radical (unpaired) electrons. The number of phenols is 1. The third-order valence-electron chi connectivity index (χ3n) is 3.61. The van der Waals surface area contributed by atoms with Crippen LogP contribution in [-0.2, 0) is 13.2 Å². The monoisotopic (exact) mass is 339 g/mol. The summed E-state index contributed by atoms with van der Waals surface area (Å²) in [5.41, 5.74) is 3.04. The lowest BCUT2D eigenvalue weighted by molar-refractivity contribution is 0.303. The minimum absolute atomic E-state index is 0.255. The molecule has 0 unspecified atom stereocenters. The van der Waals surface area contributed by atoms with E-state index < -0.39 is 0 Å². The number of rotatable bonds is 6. The van der Waals surface area contributed by atoms with E-state index in [1.165, 1.54) is 0 Å². The standard InChI is InChI=1S/C20H18ClNO2/c21-17-6-3-4-15(12-17)14-24-20-7-2-1-5-16(20)13-22-18-8-10-19(23)11-9-18/h1-12,22-23H,13-14H2. The third kappa shape index (κ3) is 4.43. The number of nitrogens with one attached hydrogen (secondary N) is 1. The number of hydrogen-bond donors (Lipinski definition) is 2. The molecule has 3 rings (SSSR count). The Morgan fingerprint density at radius 2 is 1.71 bits per heavy atom. The average Bonchev–Trinajstić information content (AvgIpc) is 2.60. The summed E-state index contributed by atoms with van der Waals surface area (Å²) in [5.74, 6) is 1.09. The first-order valence-corrected chi connectivity index (χ1v) is 8.06. The summed E-state index contributed by atoms with van der Waals surface area (Å²) in [7, 11) is 0. The first kappa shape index (κ1) is 16.2. The maximum absolute atomic E-state index is 9.33. The summed E-state index contributed by atoms with van der Waals surface area (Å²) in [4.78, 5) is 0. The Kier molecular flexibility index (Phi) is 5.24. The highest BCUT2D eigenvalue weighted by Crippen LogP contribution is 2.22. The smallest absolute Gasteiger partial charge is 0.124 e. The molecule has 122 valence electrons. The number of aromatic hydroxyl groups is 1. The fraction of sp³-hybridized carbons (Fsp3) is 0.100. The Labute approximate surface area is 146 Å². The average molecular weight is 340 g/mol. The second-order valence-electron chi connectivity index (χ2n) is 5.43. The minimum atomic E-state index is 0.255. The fourth-order valence-corrected chi connectivity index (χ4v) is 2.57. The summed E-state index contributed by atoms with van der Waals surface area (Å²) >= 11 is 6.00. The highest BCUT2D eigenvalue weighted by Gasteiger charge is 2.04. The molecule has 0 aliphatic heterocycles. The maximum atomic E-state index is 9.33. The summed E-state index contributed by atoms with van der Waals surface area (Å²) in [5, 5.41) is 13.4. The topological polar surface area (TPSA) is 41.5 Å². The molecular formula is C20H18ClNO2. The van der Waals surface area contributed by atoms with Gasteiger partial charge >= 0.3 is 0 Å². The first-order valence-electron chi connectivity index (χ1n) is 7.69. The molecule has 0 aliphatic carbocycles. The lowest BCUT2D eigenvalue weighted by Gasteiger charge is -2.13. The van der Waals surface area contributed by atoms with Crippen molar-refractivity contribution in [2.45, 2.75) is 13.2 Å². The molecular weight excluding hydrogens is 322 g/mol. The predicted octanol–water partition coefficient (Wildman–Crippen LogP) is 5.24. The van der Waals surface area contributed by atoms with Crippen LogP contribution in [0.5, 0.6) is 11.5 Å². The van der Waals surface area contributed by atoms with Gasteiger partial charge in [0, 0.05) is 22.8 Å². The van der Waals surface area contributed by atoms with Gasteiger partial charge in [0.25, 0.3) is 0 Å². The van der Waals surface area contributed by atoms with Crippen molar-refractivity contribution < 1.29 is 9.84 Å². The summed E-state index contributed by atoms with van der Waals surface area (Å²) in [6.45, 7) is 1.10. The van der Waals surface area contributed by atoms with Crippen molar-refractivity contribution in [2.75, 3.05) is 5.32 Å². The second kappa shape index (κ2) is 7.75. The van der Waals surface area contributed by atoms with Gasteiger partial charge in [0.05, 0.1) is 0 Å². The van der Waals surface area contributed by atoms with E-state index in [2.05, 4.69) is 5.32 Å². The van der Waals surface area contributed by atoms with Crippen molar-refractivity contribution in [3.8, 4) is 11.5 Å². The van der Waals surface area contributed by atoms with Crippen molar-refractivity contribution in [3.05, 3.63) is 88.9 Å². The summed E-state index contributed by atoms with van der Waals surface area (Å²) < 4.78 is 5.95. The number of para-hydroxylation sites is 1. The first-order chi connectivity index (χ1) is 11.7. The predicted molar refractivity (Wildman–Crippen MR) is 97.7 cm³/mol. The van der Waals surface area contributed by atoms with Crippen LogP contribution in [0.2, 0.25) is 5.02 Å². The van der Waals surface area contributed by atoms with Crippen LogP contribution >= 0.6 is 11.6 Å². The van der Waals surface area contributed by atoms with Crippen molar-refractivity contribution in [2.24, 2.45) is 0 Å². The van der Waals surface area contributed by atoms with Gasteiger partial charge < -0.3 is 15.2 Å². The molecule has 0 spiro atoms. The van der Waals surface area contributed by atoms with Crippen molar-refractivity contribution in [3.63, 3.8) is 0 Å². The largest absolute Gasteiger partial charge is 0.508 e. The van der Waals surface area contributed by atoms with Gasteiger partial charge in [-0.3, -0.25) is 0 Å². The number of anilines is 1. The fourth-order valence-electron chi connectivity index (χ4n) is 2.36. The molecule has 0 aromatic heterocycles. The second-order valence-corrected chi connectivity index (χ2v) is 5.86. The summed E-state index contributed by atoms with van der Waals surface area (Å²) in [6.07, 6.45) is 0. The van der Waals surface area contributed by atoms with E-state index in [-0.39, 0.29) is 5.75 Å². The van der Waals surface area contributed by atoms with Crippen molar-refractivity contribution in [1.82, 2.24) is 0 Å². The highest BCUT2D eigenvalue weighted by atomic mass is 35.5. The molecule has 3 aromatic carbocycles. The van der Waals surface area contributed by atoms with Gasteiger partial charge in [0.15, 0.2) is 0 Å². The van der Waals surface area contributed by atoms with Crippen LogP contribution in [0.1, 0.15) is 11.1 Å². The van der Waals surface area contributed by atoms with Crippen LogP contribution in [0.15, 0.2) is 72.8 Å². The van der Waals surface area contributed by atoms with Crippen LogP contribution in [0.25, 0.3) is 0 Å². The van der Waals surface area contributed by atoms with Gasteiger partial charge in [0.1, 0.15) is 18.1 Å². The van der Waals surface area contributed by atoms with E-state index in [1.807, 2.05) is 60.7 Å². The van der Waals surface area contributed by atoms with Gasteiger partial charge in [-0.15, -0.1) is 0 Å². The lowest BCUT2D eigenvalue weighted by Crippen LogP contribution is -2.03. The molecule has 0 aliphatic rings. The van der Waals surface area contributed by atoms with Gasteiger partial charge in [-0.1, -0.05) is 41.9 Å². The van der Waals surface area contributed by atoms with E-state index in [0.29, 0.717) is 18.2 Å². The quantitative estimate of drug-likeness (QED) is 0.604. The zero-order chi connectivity index (χ0) is 16.8. The number of phenolic OH excluding ortho intramolecular Hbond substituents is 1. The molecule has 0 saturated carbocycles. The molecule has 3 aromatic rings. The van der Waals surface area contributed by atoms with Crippen LogP contribution in [0, 0.1) is 0 Å². The molecule has 24 heavy (non-hydrogen) atoms. The Morgan fingerprint density at radius 1 is 0.917 bits per heavy atom. The molecule has 3 nitrogen and oxygen atoms in total. The van der Waals surface area contributed by atoms with Crippen LogP contribution in [0.4, 0.5) is 5.69 Å². The molecule has 2 N–H and O–H groups in total. The molecule has 4 heteroatoms. The number of ether oxygens (including phenoxy) is 1. The lowest BCUT2D eigenvalue weighted by atomic mass is 10.2. The Bertz CT molecular complexity index is 803. The van der Waals surface area contributed by atoms with Crippen LogP contribution < -0.4 is 10.1 Å². The van der Waals surface area contributed by atoms with Gasteiger partial charge in [-0.2, -0.15) is 0 Å². The molecule has 0 bridgehead atoms. The number of hydrogen-bond acceptors (Lipinski definition) is 3. The molecule has 0 atom stereocenters. The SMILES string of the molecule is Oc1ccc(NCc2ccccc2OCc2cccc(Cl)c2)cc1. The van der Waals surface area contributed by atoms with E-state index in [4.69, 9.17) is 16.3 Å². The summed E-state index contributed by atoms with van der Waals surface area (Å²) in [6, 6.07) is 22.6. The zero-order valence-electron chi connectivity index (χ0n) is 13.1. The van der Waals surface area contributed by atoms with E-state index in [1.54, 1.807) is 12.1 Å². The Balaban J connectivity index is 1.65. The van der Waals surface area contributed by atoms with Gasteiger partial charge in [0.2, 0.25) is 0 Å². The normalized spacial score (nSPS) is 10.4. The van der Waals surface area contributed by atoms with Crippen molar-refractivity contribution >= 4 is 17.3 Å². The third-order valence-corrected chi connectivity index (χ3v) is 3.84. The molecule has 0 heterocycles. The minimum Gasteiger partial charge on any atom is -0.508 e. The molecule has 0 fully saturated rings. The van der Waals surface area contributed by atoms with Crippen molar-refractivity contribution in [1.29, 1.82) is 0 Å². The zero-order valence-corrected chi connectivity index (χ0v) is 13.8. The molecule has 0 amide bonds. The highest BCUT2D eigenvalue weighted by molar-refractivity contribution is 6.30. The van der Waals surface area contributed by atoms with Gasteiger partial charge in [-0.25, -0.2) is 0 Å². The van der Waals surface area contributed by atoms with Crippen LogP contribution in [-0.4, -0.2) is 5.11 Å².